The van der Waals surface area contributed by atoms with Crippen LogP contribution in [0.25, 0.3) is 0 Å². The molecule has 1 heterocycles. The van der Waals surface area contributed by atoms with Gasteiger partial charge in [-0.05, 0) is 18.8 Å². The molecule has 1 saturated heterocycles. The van der Waals surface area contributed by atoms with Gasteiger partial charge in [-0.1, -0.05) is 34.1 Å². The van der Waals surface area contributed by atoms with Crippen LogP contribution in [0.15, 0.2) is 0 Å². The van der Waals surface area contributed by atoms with E-state index in [1.54, 1.807) is 0 Å². The summed E-state index contributed by atoms with van der Waals surface area (Å²) in [6.07, 6.45) is 3.54. The molecule has 2 atom stereocenters. The fraction of sp³-hybridized carbons (Fsp3) is 1.00. The molecule has 0 aromatic rings. The molecule has 1 fully saturated rings. The number of hydrogen-bond donors (Lipinski definition) is 1. The largest absolute Gasteiger partial charge is 0.326 e. The molecule has 1 aliphatic heterocycles. The van der Waals surface area contributed by atoms with Gasteiger partial charge in [-0.15, -0.1) is 0 Å². The molecule has 2 N–H and O–H groups in total. The van der Waals surface area contributed by atoms with E-state index < -0.39 is 0 Å². The molecule has 0 spiro atoms. The number of piperazine rings is 1. The van der Waals surface area contributed by atoms with Gasteiger partial charge < -0.3 is 10.6 Å². The zero-order valence-electron chi connectivity index (χ0n) is 12.9. The van der Waals surface area contributed by atoms with Crippen LogP contribution in [0, 0.1) is 5.92 Å². The molecule has 18 heavy (non-hydrogen) atoms. The summed E-state index contributed by atoms with van der Waals surface area (Å²) in [4.78, 5) is 5.22. The predicted molar refractivity (Wildman–Crippen MR) is 79.8 cm³/mol. The van der Waals surface area contributed by atoms with Gasteiger partial charge in [-0.3, -0.25) is 4.90 Å². The molecular formula is C15H33N3. The van der Waals surface area contributed by atoms with Crippen LogP contribution in [0.4, 0.5) is 0 Å². The SMILES string of the molecule is CCCC(N)C(CC)N1CCN(CC(C)C)CC1. The Bertz CT molecular complexity index is 210. The number of rotatable bonds is 7. The molecule has 0 aromatic heterocycles. The van der Waals surface area contributed by atoms with Crippen molar-refractivity contribution in [2.45, 2.75) is 59.0 Å². The Morgan fingerprint density at radius 3 is 2.11 bits per heavy atom. The van der Waals surface area contributed by atoms with E-state index in [9.17, 15) is 0 Å². The Balaban J connectivity index is 2.39. The van der Waals surface area contributed by atoms with Crippen molar-refractivity contribution in [3.63, 3.8) is 0 Å². The predicted octanol–water partition coefficient (Wildman–Crippen LogP) is 2.17. The van der Waals surface area contributed by atoms with Crippen molar-refractivity contribution >= 4 is 0 Å². The molecule has 0 aliphatic carbocycles. The first-order chi connectivity index (χ1) is 8.58. The van der Waals surface area contributed by atoms with Gasteiger partial charge in [0.15, 0.2) is 0 Å². The maximum Gasteiger partial charge on any atom is 0.0245 e. The quantitative estimate of drug-likeness (QED) is 0.757. The molecular weight excluding hydrogens is 222 g/mol. The van der Waals surface area contributed by atoms with E-state index in [1.807, 2.05) is 0 Å². The van der Waals surface area contributed by atoms with Gasteiger partial charge in [0.2, 0.25) is 0 Å². The van der Waals surface area contributed by atoms with Gasteiger partial charge in [0.25, 0.3) is 0 Å². The molecule has 0 saturated carbocycles. The minimum atomic E-state index is 0.358. The lowest BCUT2D eigenvalue weighted by Crippen LogP contribution is -2.55. The van der Waals surface area contributed by atoms with E-state index in [1.165, 1.54) is 45.6 Å². The van der Waals surface area contributed by atoms with Crippen molar-refractivity contribution in [2.24, 2.45) is 11.7 Å². The first kappa shape index (κ1) is 15.9. The van der Waals surface area contributed by atoms with Crippen LogP contribution in [0.3, 0.4) is 0 Å². The van der Waals surface area contributed by atoms with Gasteiger partial charge >= 0.3 is 0 Å². The maximum atomic E-state index is 6.33. The fourth-order valence-electron chi connectivity index (χ4n) is 3.15. The summed E-state index contributed by atoms with van der Waals surface area (Å²) in [5.41, 5.74) is 6.33. The van der Waals surface area contributed by atoms with Crippen molar-refractivity contribution in [2.75, 3.05) is 32.7 Å². The van der Waals surface area contributed by atoms with Gasteiger partial charge in [-0.2, -0.15) is 0 Å². The van der Waals surface area contributed by atoms with E-state index in [0.29, 0.717) is 12.1 Å². The Morgan fingerprint density at radius 2 is 1.67 bits per heavy atom. The summed E-state index contributed by atoms with van der Waals surface area (Å²) in [6.45, 7) is 15.2. The highest BCUT2D eigenvalue weighted by atomic mass is 15.3. The summed E-state index contributed by atoms with van der Waals surface area (Å²) in [5, 5.41) is 0. The third kappa shape index (κ3) is 4.87. The van der Waals surface area contributed by atoms with E-state index in [4.69, 9.17) is 5.73 Å². The van der Waals surface area contributed by atoms with E-state index in [0.717, 1.165) is 12.3 Å². The lowest BCUT2D eigenvalue weighted by molar-refractivity contribution is 0.0753. The molecule has 108 valence electrons. The Morgan fingerprint density at radius 1 is 1.06 bits per heavy atom. The Labute approximate surface area is 114 Å². The van der Waals surface area contributed by atoms with Crippen LogP contribution < -0.4 is 5.73 Å². The highest BCUT2D eigenvalue weighted by Gasteiger charge is 2.26. The number of hydrogen-bond acceptors (Lipinski definition) is 3. The van der Waals surface area contributed by atoms with Gasteiger partial charge in [-0.25, -0.2) is 0 Å². The highest BCUT2D eigenvalue weighted by Crippen LogP contribution is 2.15. The fourth-order valence-corrected chi connectivity index (χ4v) is 3.15. The molecule has 0 radical (unpaired) electrons. The van der Waals surface area contributed by atoms with Crippen LogP contribution in [0.2, 0.25) is 0 Å². The molecule has 3 heteroatoms. The lowest BCUT2D eigenvalue weighted by Gasteiger charge is -2.41. The summed E-state index contributed by atoms with van der Waals surface area (Å²) in [7, 11) is 0. The molecule has 3 nitrogen and oxygen atoms in total. The highest BCUT2D eigenvalue weighted by molar-refractivity contribution is 4.84. The lowest BCUT2D eigenvalue weighted by atomic mass is 9.99. The van der Waals surface area contributed by atoms with Gasteiger partial charge in [0, 0.05) is 44.8 Å². The minimum absolute atomic E-state index is 0.358. The summed E-state index contributed by atoms with van der Waals surface area (Å²) in [5.74, 6) is 0.779. The molecule has 0 bridgehead atoms. The molecule has 0 amide bonds. The maximum absolute atomic E-state index is 6.33. The third-order valence-corrected chi connectivity index (χ3v) is 4.03. The zero-order chi connectivity index (χ0) is 13.5. The third-order valence-electron chi connectivity index (χ3n) is 4.03. The monoisotopic (exact) mass is 255 g/mol. The average Bonchev–Trinajstić information content (AvgIpc) is 2.32. The van der Waals surface area contributed by atoms with E-state index >= 15 is 0 Å². The summed E-state index contributed by atoms with van der Waals surface area (Å²) < 4.78 is 0. The summed E-state index contributed by atoms with van der Waals surface area (Å²) >= 11 is 0. The van der Waals surface area contributed by atoms with E-state index in [-0.39, 0.29) is 0 Å². The molecule has 0 aromatic carbocycles. The van der Waals surface area contributed by atoms with Gasteiger partial charge in [0.1, 0.15) is 0 Å². The van der Waals surface area contributed by atoms with Crippen molar-refractivity contribution in [3.8, 4) is 0 Å². The summed E-state index contributed by atoms with van der Waals surface area (Å²) in [6, 6.07) is 0.947. The average molecular weight is 255 g/mol. The van der Waals surface area contributed by atoms with Crippen LogP contribution in [0.5, 0.6) is 0 Å². The second-order valence-electron chi connectivity index (χ2n) is 6.16. The standard InChI is InChI=1S/C15H33N3/c1-5-7-14(16)15(6-2)18-10-8-17(9-11-18)12-13(3)4/h13-15H,5-12,16H2,1-4H3. The number of nitrogens with two attached hydrogens (primary N) is 1. The smallest absolute Gasteiger partial charge is 0.0245 e. The first-order valence-electron chi connectivity index (χ1n) is 7.80. The Hall–Kier alpha value is -0.120. The van der Waals surface area contributed by atoms with Crippen LogP contribution in [-0.2, 0) is 0 Å². The van der Waals surface area contributed by atoms with Crippen molar-refractivity contribution in [3.05, 3.63) is 0 Å². The second-order valence-corrected chi connectivity index (χ2v) is 6.16. The zero-order valence-corrected chi connectivity index (χ0v) is 12.9. The van der Waals surface area contributed by atoms with Crippen LogP contribution >= 0.6 is 0 Å². The molecule has 1 rings (SSSR count). The van der Waals surface area contributed by atoms with Crippen LogP contribution in [0.1, 0.15) is 47.0 Å². The minimum Gasteiger partial charge on any atom is -0.326 e. The normalized spacial score (nSPS) is 22.3. The van der Waals surface area contributed by atoms with Crippen molar-refractivity contribution in [1.29, 1.82) is 0 Å². The van der Waals surface area contributed by atoms with Crippen molar-refractivity contribution in [1.82, 2.24) is 9.80 Å². The molecule has 1 aliphatic rings. The van der Waals surface area contributed by atoms with Crippen molar-refractivity contribution < 1.29 is 0 Å². The topological polar surface area (TPSA) is 32.5 Å². The number of nitrogens with zero attached hydrogens (tertiary/aromatic N) is 2. The Kier molecular flexibility index (Phi) is 7.20. The second kappa shape index (κ2) is 8.13. The molecule has 2 unspecified atom stereocenters. The van der Waals surface area contributed by atoms with E-state index in [2.05, 4.69) is 37.5 Å². The first-order valence-corrected chi connectivity index (χ1v) is 7.80. The van der Waals surface area contributed by atoms with Gasteiger partial charge in [0.05, 0.1) is 0 Å². The van der Waals surface area contributed by atoms with Crippen LogP contribution in [-0.4, -0.2) is 54.6 Å².